The summed E-state index contributed by atoms with van der Waals surface area (Å²) >= 11 is 0. The zero-order chi connectivity index (χ0) is 22.6. The summed E-state index contributed by atoms with van der Waals surface area (Å²) in [6.45, 7) is 5.87. The molecular weight excluding hydrogens is 406 g/mol. The van der Waals surface area contributed by atoms with Crippen molar-refractivity contribution in [2.45, 2.75) is 57.0 Å². The van der Waals surface area contributed by atoms with Gasteiger partial charge in [0.25, 0.3) is 0 Å². The van der Waals surface area contributed by atoms with Gasteiger partial charge in [-0.1, -0.05) is 25.3 Å². The number of hydrogen-bond acceptors (Lipinski definition) is 5. The molecule has 174 valence electrons. The molecule has 8 heteroatoms. The van der Waals surface area contributed by atoms with E-state index in [0.29, 0.717) is 5.96 Å². The summed E-state index contributed by atoms with van der Waals surface area (Å²) < 4.78 is 12.8. The third-order valence-corrected chi connectivity index (χ3v) is 6.61. The minimum atomic E-state index is -1.09. The first-order valence-corrected chi connectivity index (χ1v) is 11.6. The summed E-state index contributed by atoms with van der Waals surface area (Å²) in [4.78, 5) is 4.70. The Hall–Kier alpha value is -2.74. The number of guanidine groups is 1. The van der Waals surface area contributed by atoms with Gasteiger partial charge in [-0.2, -0.15) is 5.10 Å². The van der Waals surface area contributed by atoms with Crippen LogP contribution in [0.4, 0.5) is 0 Å². The van der Waals surface area contributed by atoms with Gasteiger partial charge in [0.05, 0.1) is 12.7 Å². The van der Waals surface area contributed by atoms with Crippen LogP contribution in [0.5, 0.6) is 11.5 Å². The van der Waals surface area contributed by atoms with Gasteiger partial charge < -0.3 is 25.2 Å². The summed E-state index contributed by atoms with van der Waals surface area (Å²) in [5.74, 6) is 2.36. The number of ether oxygens (including phenoxy) is 2. The van der Waals surface area contributed by atoms with Crippen molar-refractivity contribution in [2.75, 3.05) is 26.4 Å². The van der Waals surface area contributed by atoms with Gasteiger partial charge in [-0.25, -0.2) is 4.99 Å². The molecule has 32 heavy (non-hydrogen) atoms. The van der Waals surface area contributed by atoms with E-state index in [2.05, 4.69) is 27.9 Å². The molecular formula is C24H35N5O3. The van der Waals surface area contributed by atoms with E-state index in [-0.39, 0.29) is 18.8 Å². The maximum atomic E-state index is 10.9. The molecule has 1 unspecified atom stereocenters. The lowest BCUT2D eigenvalue weighted by atomic mass is 9.69. The molecule has 1 aromatic carbocycles. The largest absolute Gasteiger partial charge is 0.454 e. The highest BCUT2D eigenvalue weighted by atomic mass is 16.7. The fourth-order valence-electron chi connectivity index (χ4n) is 4.64. The van der Waals surface area contributed by atoms with Crippen LogP contribution < -0.4 is 20.1 Å². The van der Waals surface area contributed by atoms with Crippen molar-refractivity contribution in [3.8, 4) is 11.5 Å². The van der Waals surface area contributed by atoms with Crippen molar-refractivity contribution < 1.29 is 14.6 Å². The highest BCUT2D eigenvalue weighted by Gasteiger charge is 2.35. The molecule has 0 bridgehead atoms. The third kappa shape index (κ3) is 4.85. The van der Waals surface area contributed by atoms with Crippen LogP contribution in [0.2, 0.25) is 0 Å². The third-order valence-electron chi connectivity index (χ3n) is 6.61. The van der Waals surface area contributed by atoms with Gasteiger partial charge in [-0.15, -0.1) is 0 Å². The normalized spacial score (nSPS) is 19.4. The molecule has 0 radical (unpaired) electrons. The van der Waals surface area contributed by atoms with Gasteiger partial charge in [0.15, 0.2) is 17.5 Å². The molecule has 2 aromatic rings. The number of hydrogen-bond donors (Lipinski definition) is 3. The van der Waals surface area contributed by atoms with E-state index in [0.717, 1.165) is 43.0 Å². The topological polar surface area (TPSA) is 92.9 Å². The predicted molar refractivity (Wildman–Crippen MR) is 124 cm³/mol. The van der Waals surface area contributed by atoms with Crippen molar-refractivity contribution in [1.82, 2.24) is 20.4 Å². The Bertz CT molecular complexity index is 947. The van der Waals surface area contributed by atoms with Crippen molar-refractivity contribution in [2.24, 2.45) is 12.0 Å². The lowest BCUT2D eigenvalue weighted by Gasteiger charge is -2.38. The molecule has 0 spiro atoms. The molecule has 0 saturated heterocycles. The second kappa shape index (κ2) is 9.40. The van der Waals surface area contributed by atoms with E-state index in [1.807, 2.05) is 26.2 Å². The Morgan fingerprint density at radius 3 is 2.72 bits per heavy atom. The summed E-state index contributed by atoms with van der Waals surface area (Å²) in [7, 11) is 1.84. The Morgan fingerprint density at radius 1 is 1.22 bits per heavy atom. The van der Waals surface area contributed by atoms with Gasteiger partial charge in [0.2, 0.25) is 6.79 Å². The maximum Gasteiger partial charge on any atom is 0.231 e. The summed E-state index contributed by atoms with van der Waals surface area (Å²) in [5, 5.41) is 22.0. The summed E-state index contributed by atoms with van der Waals surface area (Å²) in [5.41, 5.74) is 0.966. The Balaban J connectivity index is 1.50. The maximum absolute atomic E-state index is 10.9. The lowest BCUT2D eigenvalue weighted by Crippen LogP contribution is -2.47. The number of nitrogens with zero attached hydrogens (tertiary/aromatic N) is 3. The van der Waals surface area contributed by atoms with Gasteiger partial charge in [-0.05, 0) is 44.4 Å². The molecule has 1 aliphatic heterocycles. The molecule has 8 nitrogen and oxygen atoms in total. The molecule has 1 aliphatic carbocycles. The van der Waals surface area contributed by atoms with Crippen molar-refractivity contribution in [3.05, 3.63) is 41.7 Å². The quantitative estimate of drug-likeness (QED) is 0.452. The number of aliphatic imine (C=N–C) groups is 1. The van der Waals surface area contributed by atoms with Crippen LogP contribution in [0, 0.1) is 0 Å². The zero-order valence-corrected chi connectivity index (χ0v) is 19.4. The first-order chi connectivity index (χ1) is 15.4. The average molecular weight is 442 g/mol. The van der Waals surface area contributed by atoms with Crippen LogP contribution in [0.1, 0.15) is 57.1 Å². The number of fused-ring (bicyclic) bond motifs is 1. The van der Waals surface area contributed by atoms with Crippen molar-refractivity contribution in [3.63, 3.8) is 0 Å². The van der Waals surface area contributed by atoms with Crippen LogP contribution in [0.25, 0.3) is 0 Å². The van der Waals surface area contributed by atoms with Gasteiger partial charge in [-0.3, -0.25) is 4.68 Å². The number of nitrogens with one attached hydrogen (secondary N) is 2. The fourth-order valence-corrected chi connectivity index (χ4v) is 4.64. The number of benzene rings is 1. The van der Waals surface area contributed by atoms with E-state index in [9.17, 15) is 5.11 Å². The Labute approximate surface area is 190 Å². The standard InChI is InChI=1S/C24H35N5O3/c1-4-25-22(26-15-23(2,30)19-13-28-29(3)14-19)27-16-24(10-6-5-7-11-24)18-8-9-20-21(12-18)32-17-31-20/h8-9,12-14,30H,4-7,10-11,15-17H2,1-3H3,(H2,25,26,27). The fraction of sp³-hybridized carbons (Fsp3) is 0.583. The minimum Gasteiger partial charge on any atom is -0.454 e. The number of aromatic nitrogens is 2. The second-order valence-electron chi connectivity index (χ2n) is 9.13. The van der Waals surface area contributed by atoms with E-state index >= 15 is 0 Å². The van der Waals surface area contributed by atoms with Gasteiger partial charge in [0, 0.05) is 37.3 Å². The van der Waals surface area contributed by atoms with Crippen LogP contribution in [-0.4, -0.2) is 47.3 Å². The van der Waals surface area contributed by atoms with Gasteiger partial charge >= 0.3 is 0 Å². The average Bonchev–Trinajstić information content (AvgIpc) is 3.45. The Morgan fingerprint density at radius 2 is 2.00 bits per heavy atom. The minimum absolute atomic E-state index is 0.0152. The first kappa shape index (κ1) is 22.5. The molecule has 2 aliphatic rings. The molecule has 1 saturated carbocycles. The lowest BCUT2D eigenvalue weighted by molar-refractivity contribution is 0.0671. The molecule has 1 atom stereocenters. The van der Waals surface area contributed by atoms with E-state index < -0.39 is 5.60 Å². The summed E-state index contributed by atoms with van der Waals surface area (Å²) in [6, 6.07) is 6.35. The first-order valence-electron chi connectivity index (χ1n) is 11.6. The monoisotopic (exact) mass is 441 g/mol. The van der Waals surface area contributed by atoms with Gasteiger partial charge in [0.1, 0.15) is 5.60 Å². The predicted octanol–water partition coefficient (Wildman–Crippen LogP) is 2.81. The molecule has 4 rings (SSSR count). The number of aliphatic hydroxyl groups is 1. The van der Waals surface area contributed by atoms with E-state index in [1.165, 1.54) is 24.8 Å². The Kier molecular flexibility index (Phi) is 6.60. The van der Waals surface area contributed by atoms with Crippen LogP contribution >= 0.6 is 0 Å². The SMILES string of the molecule is CCNC(=NCC(C)(O)c1cnn(C)c1)NCC1(c2ccc3c(c2)OCO3)CCCCC1. The number of aryl methyl sites for hydroxylation is 1. The van der Waals surface area contributed by atoms with Crippen molar-refractivity contribution >= 4 is 5.96 Å². The van der Waals surface area contributed by atoms with Crippen LogP contribution in [-0.2, 0) is 18.1 Å². The van der Waals surface area contributed by atoms with Crippen LogP contribution in [0.3, 0.4) is 0 Å². The van der Waals surface area contributed by atoms with Crippen LogP contribution in [0.15, 0.2) is 35.6 Å². The second-order valence-corrected chi connectivity index (χ2v) is 9.13. The molecule has 1 fully saturated rings. The summed E-state index contributed by atoms with van der Waals surface area (Å²) in [6.07, 6.45) is 9.44. The zero-order valence-electron chi connectivity index (χ0n) is 19.4. The molecule has 2 heterocycles. The highest BCUT2D eigenvalue weighted by molar-refractivity contribution is 5.80. The number of rotatable bonds is 7. The molecule has 3 N–H and O–H groups in total. The highest BCUT2D eigenvalue weighted by Crippen LogP contribution is 2.43. The smallest absolute Gasteiger partial charge is 0.231 e. The molecule has 0 amide bonds. The molecule has 1 aromatic heterocycles. The van der Waals surface area contributed by atoms with E-state index in [4.69, 9.17) is 14.5 Å². The van der Waals surface area contributed by atoms with Crippen molar-refractivity contribution in [1.29, 1.82) is 0 Å². The van der Waals surface area contributed by atoms with E-state index in [1.54, 1.807) is 17.8 Å².